The molecule has 2 aliphatic heterocycles. The fraction of sp³-hybridized carbons (Fsp3) is 0.375. The van der Waals surface area contributed by atoms with Gasteiger partial charge in [-0.05, 0) is 75.0 Å². The lowest BCUT2D eigenvalue weighted by Gasteiger charge is -2.22. The van der Waals surface area contributed by atoms with Crippen molar-refractivity contribution in [1.82, 2.24) is 10.3 Å². The first-order chi connectivity index (χ1) is 14.4. The van der Waals surface area contributed by atoms with Gasteiger partial charge in [0.2, 0.25) is 6.79 Å². The fourth-order valence-electron chi connectivity index (χ4n) is 4.31. The number of piperidine rings is 1. The zero-order valence-electron chi connectivity index (χ0n) is 16.6. The Kier molecular flexibility index (Phi) is 5.22. The topological polar surface area (TPSA) is 55.4 Å². The van der Waals surface area contributed by atoms with Gasteiger partial charge in [0, 0.05) is 23.2 Å². The molecule has 5 rings (SSSR count). The average Bonchev–Trinajstić information content (AvgIpc) is 3.25. The van der Waals surface area contributed by atoms with Crippen molar-refractivity contribution in [2.75, 3.05) is 31.7 Å². The lowest BCUT2D eigenvalue weighted by atomic mass is 9.95. The number of hydrogen-bond acceptors (Lipinski definition) is 5. The summed E-state index contributed by atoms with van der Waals surface area (Å²) in [5.41, 5.74) is 4.13. The molecule has 1 fully saturated rings. The SMILES string of the molecule is c1ccc2c(NCCCC3CCCNC3)cc(-c3ccc4c(c3)OCO4)nc2c1. The molecule has 1 atom stereocenters. The molecule has 0 aliphatic carbocycles. The van der Waals surface area contributed by atoms with Crippen LogP contribution in [0.25, 0.3) is 22.2 Å². The highest BCUT2D eigenvalue weighted by molar-refractivity contribution is 5.93. The molecule has 1 aromatic heterocycles. The van der Waals surface area contributed by atoms with E-state index in [1.54, 1.807) is 0 Å². The van der Waals surface area contributed by atoms with Gasteiger partial charge in [-0.1, -0.05) is 18.2 Å². The second-order valence-electron chi connectivity index (χ2n) is 7.92. The van der Waals surface area contributed by atoms with Crippen molar-refractivity contribution in [2.24, 2.45) is 5.92 Å². The van der Waals surface area contributed by atoms with Crippen molar-refractivity contribution >= 4 is 16.6 Å². The lowest BCUT2D eigenvalue weighted by Crippen LogP contribution is -2.29. The summed E-state index contributed by atoms with van der Waals surface area (Å²) in [4.78, 5) is 4.89. The number of rotatable bonds is 6. The van der Waals surface area contributed by atoms with Gasteiger partial charge in [0.05, 0.1) is 11.2 Å². The molecule has 2 N–H and O–H groups in total. The summed E-state index contributed by atoms with van der Waals surface area (Å²) in [6.07, 6.45) is 5.13. The number of nitrogens with zero attached hydrogens (tertiary/aromatic N) is 1. The van der Waals surface area contributed by atoms with E-state index in [4.69, 9.17) is 14.5 Å². The van der Waals surface area contributed by atoms with E-state index < -0.39 is 0 Å². The predicted molar refractivity (Wildman–Crippen MR) is 117 cm³/mol. The predicted octanol–water partition coefficient (Wildman–Crippen LogP) is 4.82. The minimum Gasteiger partial charge on any atom is -0.454 e. The van der Waals surface area contributed by atoms with Crippen LogP contribution >= 0.6 is 0 Å². The lowest BCUT2D eigenvalue weighted by molar-refractivity contribution is 0.174. The molecular weight excluding hydrogens is 362 g/mol. The van der Waals surface area contributed by atoms with Crippen LogP contribution in [-0.2, 0) is 0 Å². The van der Waals surface area contributed by atoms with E-state index in [2.05, 4.69) is 34.9 Å². The zero-order chi connectivity index (χ0) is 19.5. The van der Waals surface area contributed by atoms with Gasteiger partial charge in [-0.15, -0.1) is 0 Å². The second kappa shape index (κ2) is 8.29. The Morgan fingerprint density at radius 3 is 2.93 bits per heavy atom. The molecule has 0 radical (unpaired) electrons. The van der Waals surface area contributed by atoms with Crippen LogP contribution in [0.15, 0.2) is 48.5 Å². The summed E-state index contributed by atoms with van der Waals surface area (Å²) in [5, 5.41) is 8.35. The molecule has 2 aliphatic rings. The van der Waals surface area contributed by atoms with Gasteiger partial charge in [0.25, 0.3) is 0 Å². The van der Waals surface area contributed by atoms with Crippen LogP contribution in [0.2, 0.25) is 0 Å². The smallest absolute Gasteiger partial charge is 0.231 e. The Hall–Kier alpha value is -2.79. The van der Waals surface area contributed by atoms with E-state index in [9.17, 15) is 0 Å². The Balaban J connectivity index is 1.36. The summed E-state index contributed by atoms with van der Waals surface area (Å²) in [7, 11) is 0. The van der Waals surface area contributed by atoms with E-state index >= 15 is 0 Å². The normalized spacial score (nSPS) is 18.1. The zero-order valence-corrected chi connectivity index (χ0v) is 16.6. The highest BCUT2D eigenvalue weighted by atomic mass is 16.7. The third kappa shape index (κ3) is 4.01. The number of aromatic nitrogens is 1. The molecule has 0 bridgehead atoms. The molecule has 29 heavy (non-hydrogen) atoms. The number of pyridine rings is 1. The first-order valence-corrected chi connectivity index (χ1v) is 10.6. The van der Waals surface area contributed by atoms with E-state index in [-0.39, 0.29) is 6.79 Å². The molecule has 5 heteroatoms. The van der Waals surface area contributed by atoms with Crippen molar-refractivity contribution in [3.63, 3.8) is 0 Å². The van der Waals surface area contributed by atoms with Crippen LogP contribution in [0.3, 0.4) is 0 Å². The molecule has 1 unspecified atom stereocenters. The summed E-state index contributed by atoms with van der Waals surface area (Å²) >= 11 is 0. The molecule has 5 nitrogen and oxygen atoms in total. The number of fused-ring (bicyclic) bond motifs is 2. The standard InChI is InChI=1S/C24H27N3O2/c1-2-8-20-19(7-1)22(26-12-4-6-17-5-3-11-25-15-17)14-21(27-20)18-9-10-23-24(13-18)29-16-28-23/h1-2,7-10,13-14,17,25H,3-6,11-12,15-16H2,(H,26,27). The summed E-state index contributed by atoms with van der Waals surface area (Å²) in [6, 6.07) is 16.5. The maximum Gasteiger partial charge on any atom is 0.231 e. The summed E-state index contributed by atoms with van der Waals surface area (Å²) in [6.45, 7) is 3.62. The van der Waals surface area contributed by atoms with Crippen molar-refractivity contribution in [3.05, 3.63) is 48.5 Å². The number of hydrogen-bond donors (Lipinski definition) is 2. The molecule has 0 saturated carbocycles. The molecule has 2 aromatic carbocycles. The molecule has 3 aromatic rings. The number of nitrogens with one attached hydrogen (secondary N) is 2. The van der Waals surface area contributed by atoms with Gasteiger partial charge in [-0.3, -0.25) is 0 Å². The second-order valence-corrected chi connectivity index (χ2v) is 7.92. The maximum absolute atomic E-state index is 5.54. The minimum atomic E-state index is 0.285. The number of para-hydroxylation sites is 1. The van der Waals surface area contributed by atoms with Gasteiger partial charge in [0.15, 0.2) is 11.5 Å². The highest BCUT2D eigenvalue weighted by Gasteiger charge is 2.16. The van der Waals surface area contributed by atoms with Crippen LogP contribution in [0.1, 0.15) is 25.7 Å². The van der Waals surface area contributed by atoms with Crippen LogP contribution in [0, 0.1) is 5.92 Å². The quantitative estimate of drug-likeness (QED) is 0.592. The van der Waals surface area contributed by atoms with Crippen molar-refractivity contribution < 1.29 is 9.47 Å². The number of ether oxygens (including phenoxy) is 2. The third-order valence-corrected chi connectivity index (χ3v) is 5.89. The minimum absolute atomic E-state index is 0.285. The van der Waals surface area contributed by atoms with E-state index in [0.717, 1.165) is 51.8 Å². The molecule has 3 heterocycles. The fourth-order valence-corrected chi connectivity index (χ4v) is 4.31. The number of anilines is 1. The van der Waals surface area contributed by atoms with E-state index in [0.29, 0.717) is 0 Å². The van der Waals surface area contributed by atoms with Gasteiger partial charge in [-0.25, -0.2) is 4.98 Å². The van der Waals surface area contributed by atoms with Crippen LogP contribution < -0.4 is 20.1 Å². The Morgan fingerprint density at radius 2 is 2.00 bits per heavy atom. The Morgan fingerprint density at radius 1 is 1.07 bits per heavy atom. The van der Waals surface area contributed by atoms with Crippen molar-refractivity contribution in [1.29, 1.82) is 0 Å². The van der Waals surface area contributed by atoms with E-state index in [1.807, 2.05) is 24.3 Å². The Labute approximate surface area is 171 Å². The average molecular weight is 389 g/mol. The molecule has 0 spiro atoms. The molecule has 150 valence electrons. The van der Waals surface area contributed by atoms with Crippen LogP contribution in [0.4, 0.5) is 5.69 Å². The summed E-state index contributed by atoms with van der Waals surface area (Å²) in [5.74, 6) is 2.40. The molecule has 0 amide bonds. The first-order valence-electron chi connectivity index (χ1n) is 10.6. The maximum atomic E-state index is 5.54. The van der Waals surface area contributed by atoms with Crippen LogP contribution in [0.5, 0.6) is 11.5 Å². The van der Waals surface area contributed by atoms with E-state index in [1.165, 1.54) is 38.8 Å². The molecule has 1 saturated heterocycles. The monoisotopic (exact) mass is 389 g/mol. The van der Waals surface area contributed by atoms with Gasteiger partial charge < -0.3 is 20.1 Å². The van der Waals surface area contributed by atoms with Crippen LogP contribution in [-0.4, -0.2) is 31.4 Å². The van der Waals surface area contributed by atoms with Gasteiger partial charge in [0.1, 0.15) is 0 Å². The highest BCUT2D eigenvalue weighted by Crippen LogP contribution is 2.37. The summed E-state index contributed by atoms with van der Waals surface area (Å²) < 4.78 is 11.0. The van der Waals surface area contributed by atoms with Crippen molar-refractivity contribution in [2.45, 2.75) is 25.7 Å². The third-order valence-electron chi connectivity index (χ3n) is 5.89. The van der Waals surface area contributed by atoms with Gasteiger partial charge >= 0.3 is 0 Å². The van der Waals surface area contributed by atoms with Gasteiger partial charge in [-0.2, -0.15) is 0 Å². The first kappa shape index (κ1) is 18.3. The van der Waals surface area contributed by atoms with Crippen molar-refractivity contribution in [3.8, 4) is 22.8 Å². The Bertz CT molecular complexity index is 999. The molecular formula is C24H27N3O2. The largest absolute Gasteiger partial charge is 0.454 e. The number of benzene rings is 2.